The third-order valence-electron chi connectivity index (χ3n) is 1.98. The SMILES string of the molecule is Cc1cccc(/C=N\N=C2\NC(=O)CS2)c1. The zero-order valence-corrected chi connectivity index (χ0v) is 9.62. The molecule has 5 heteroatoms. The summed E-state index contributed by atoms with van der Waals surface area (Å²) in [5.74, 6) is 0.410. The number of hydrogen-bond donors (Lipinski definition) is 1. The molecule has 0 aliphatic carbocycles. The van der Waals surface area contributed by atoms with E-state index in [0.29, 0.717) is 10.9 Å². The highest BCUT2D eigenvalue weighted by molar-refractivity contribution is 8.15. The number of carbonyl (C=O) groups is 1. The molecule has 16 heavy (non-hydrogen) atoms. The molecule has 0 unspecified atom stereocenters. The first-order valence-corrected chi connectivity index (χ1v) is 5.83. The highest BCUT2D eigenvalue weighted by atomic mass is 32.2. The van der Waals surface area contributed by atoms with Gasteiger partial charge in [-0.15, -0.1) is 5.10 Å². The van der Waals surface area contributed by atoms with E-state index in [1.165, 1.54) is 17.3 Å². The van der Waals surface area contributed by atoms with Crippen molar-refractivity contribution in [3.63, 3.8) is 0 Å². The Morgan fingerprint density at radius 1 is 1.50 bits per heavy atom. The van der Waals surface area contributed by atoms with Gasteiger partial charge in [0.2, 0.25) is 5.91 Å². The van der Waals surface area contributed by atoms with Crippen molar-refractivity contribution < 1.29 is 4.79 Å². The van der Waals surface area contributed by atoms with Crippen LogP contribution < -0.4 is 5.32 Å². The lowest BCUT2D eigenvalue weighted by molar-refractivity contribution is -0.116. The van der Waals surface area contributed by atoms with Crippen LogP contribution in [0.4, 0.5) is 0 Å². The molecule has 0 saturated carbocycles. The molecule has 0 aromatic heterocycles. The van der Waals surface area contributed by atoms with Gasteiger partial charge in [-0.25, -0.2) is 0 Å². The molecule has 0 atom stereocenters. The molecular weight excluding hydrogens is 222 g/mol. The molecule has 2 rings (SSSR count). The van der Waals surface area contributed by atoms with Gasteiger partial charge in [-0.1, -0.05) is 41.6 Å². The van der Waals surface area contributed by atoms with Gasteiger partial charge in [-0.2, -0.15) is 5.10 Å². The molecule has 1 fully saturated rings. The number of thioether (sulfide) groups is 1. The molecule has 1 aliphatic heterocycles. The number of benzene rings is 1. The number of hydrogen-bond acceptors (Lipinski definition) is 4. The fourth-order valence-corrected chi connectivity index (χ4v) is 1.91. The van der Waals surface area contributed by atoms with E-state index in [-0.39, 0.29) is 5.91 Å². The maximum Gasteiger partial charge on any atom is 0.236 e. The van der Waals surface area contributed by atoms with E-state index in [4.69, 9.17) is 0 Å². The summed E-state index contributed by atoms with van der Waals surface area (Å²) in [6.45, 7) is 2.02. The first-order valence-electron chi connectivity index (χ1n) is 4.84. The minimum absolute atomic E-state index is 0.0190. The average molecular weight is 233 g/mol. The lowest BCUT2D eigenvalue weighted by Crippen LogP contribution is -2.19. The lowest BCUT2D eigenvalue weighted by Gasteiger charge is -1.93. The Hall–Kier alpha value is -1.62. The van der Waals surface area contributed by atoms with E-state index in [1.807, 2.05) is 31.2 Å². The van der Waals surface area contributed by atoms with Gasteiger partial charge in [0.25, 0.3) is 0 Å². The van der Waals surface area contributed by atoms with E-state index >= 15 is 0 Å². The molecule has 4 nitrogen and oxygen atoms in total. The Balaban J connectivity index is 2.02. The van der Waals surface area contributed by atoms with Gasteiger partial charge in [0, 0.05) is 0 Å². The number of nitrogens with one attached hydrogen (secondary N) is 1. The molecule has 0 spiro atoms. The van der Waals surface area contributed by atoms with Crippen molar-refractivity contribution >= 4 is 29.1 Å². The predicted octanol–water partition coefficient (Wildman–Crippen LogP) is 1.55. The molecule has 1 N–H and O–H groups in total. The van der Waals surface area contributed by atoms with Crippen LogP contribution in [-0.2, 0) is 4.79 Å². The van der Waals surface area contributed by atoms with Gasteiger partial charge in [0.1, 0.15) is 0 Å². The molecule has 0 radical (unpaired) electrons. The van der Waals surface area contributed by atoms with E-state index in [1.54, 1.807) is 6.21 Å². The van der Waals surface area contributed by atoms with E-state index in [9.17, 15) is 4.79 Å². The van der Waals surface area contributed by atoms with Crippen molar-refractivity contribution in [1.29, 1.82) is 0 Å². The highest BCUT2D eigenvalue weighted by Gasteiger charge is 2.15. The predicted molar refractivity (Wildman–Crippen MR) is 66.8 cm³/mol. The van der Waals surface area contributed by atoms with Crippen molar-refractivity contribution in [2.24, 2.45) is 10.2 Å². The van der Waals surface area contributed by atoms with Gasteiger partial charge in [-0.3, -0.25) is 4.79 Å². The number of aryl methyl sites for hydroxylation is 1. The van der Waals surface area contributed by atoms with Crippen LogP contribution >= 0.6 is 11.8 Å². The average Bonchev–Trinajstić information content (AvgIpc) is 2.64. The molecule has 1 amide bonds. The van der Waals surface area contributed by atoms with Crippen LogP contribution in [0.15, 0.2) is 34.5 Å². The molecule has 1 aromatic rings. The zero-order chi connectivity index (χ0) is 11.4. The Morgan fingerprint density at radius 2 is 2.38 bits per heavy atom. The maximum absolute atomic E-state index is 10.9. The molecule has 1 aliphatic rings. The molecule has 0 bridgehead atoms. The Morgan fingerprint density at radius 3 is 3.06 bits per heavy atom. The van der Waals surface area contributed by atoms with Gasteiger partial charge in [0.05, 0.1) is 12.0 Å². The van der Waals surface area contributed by atoms with Crippen molar-refractivity contribution in [1.82, 2.24) is 5.32 Å². The van der Waals surface area contributed by atoms with Gasteiger partial charge >= 0.3 is 0 Å². The first kappa shape index (κ1) is 10.9. The maximum atomic E-state index is 10.9. The van der Waals surface area contributed by atoms with Crippen molar-refractivity contribution in [2.75, 3.05) is 5.75 Å². The third kappa shape index (κ3) is 2.93. The summed E-state index contributed by atoms with van der Waals surface area (Å²) in [6.07, 6.45) is 1.67. The fraction of sp³-hybridized carbons (Fsp3) is 0.182. The van der Waals surface area contributed by atoms with Crippen molar-refractivity contribution in [3.8, 4) is 0 Å². The van der Waals surface area contributed by atoms with Gasteiger partial charge in [0.15, 0.2) is 5.17 Å². The summed E-state index contributed by atoms with van der Waals surface area (Å²) in [5.41, 5.74) is 2.18. The van der Waals surface area contributed by atoms with Crippen molar-refractivity contribution in [3.05, 3.63) is 35.4 Å². The molecule has 82 valence electrons. The van der Waals surface area contributed by atoms with Crippen LogP contribution in [0.25, 0.3) is 0 Å². The smallest absolute Gasteiger partial charge is 0.236 e. The summed E-state index contributed by atoms with van der Waals surface area (Å²) in [5, 5.41) is 11.0. The number of carbonyl (C=O) groups excluding carboxylic acids is 1. The minimum Gasteiger partial charge on any atom is -0.303 e. The van der Waals surface area contributed by atoms with Crippen molar-refractivity contribution in [2.45, 2.75) is 6.92 Å². The molecule has 1 aromatic carbocycles. The Bertz CT molecular complexity index is 468. The topological polar surface area (TPSA) is 53.8 Å². The van der Waals surface area contributed by atoms with Crippen LogP contribution in [0, 0.1) is 6.92 Å². The normalized spacial score (nSPS) is 18.3. The number of amides is 1. The molecular formula is C11H11N3OS. The summed E-state index contributed by atoms with van der Waals surface area (Å²) in [7, 11) is 0. The van der Waals surface area contributed by atoms with Gasteiger partial charge < -0.3 is 5.32 Å². The Labute approximate surface area is 97.8 Å². The largest absolute Gasteiger partial charge is 0.303 e. The summed E-state index contributed by atoms with van der Waals surface area (Å²) in [6, 6.07) is 7.97. The highest BCUT2D eigenvalue weighted by Crippen LogP contribution is 2.08. The number of rotatable bonds is 2. The monoisotopic (exact) mass is 233 g/mol. The second-order valence-electron chi connectivity index (χ2n) is 3.40. The summed E-state index contributed by atoms with van der Waals surface area (Å²) >= 11 is 1.36. The second-order valence-corrected chi connectivity index (χ2v) is 4.36. The fourth-order valence-electron chi connectivity index (χ4n) is 1.28. The zero-order valence-electron chi connectivity index (χ0n) is 8.80. The Kier molecular flexibility index (Phi) is 3.36. The van der Waals surface area contributed by atoms with E-state index in [0.717, 1.165) is 5.56 Å². The van der Waals surface area contributed by atoms with Crippen LogP contribution in [0.3, 0.4) is 0 Å². The second kappa shape index (κ2) is 4.94. The molecule has 1 heterocycles. The minimum atomic E-state index is -0.0190. The number of amidine groups is 1. The summed E-state index contributed by atoms with van der Waals surface area (Å²) < 4.78 is 0. The summed E-state index contributed by atoms with van der Waals surface area (Å²) in [4.78, 5) is 10.9. The first-order chi connectivity index (χ1) is 7.74. The van der Waals surface area contributed by atoms with Crippen LogP contribution in [0.2, 0.25) is 0 Å². The standard InChI is InChI=1S/C11H11N3OS/c1-8-3-2-4-9(5-8)6-12-14-11-13-10(15)7-16-11/h2-6H,7H2,1H3,(H,13,14,15)/b12-6-. The van der Waals surface area contributed by atoms with Crippen LogP contribution in [-0.4, -0.2) is 23.0 Å². The van der Waals surface area contributed by atoms with Gasteiger partial charge in [-0.05, 0) is 12.5 Å². The van der Waals surface area contributed by atoms with E-state index in [2.05, 4.69) is 15.5 Å². The van der Waals surface area contributed by atoms with Crippen LogP contribution in [0.1, 0.15) is 11.1 Å². The van der Waals surface area contributed by atoms with E-state index < -0.39 is 0 Å². The molecule has 1 saturated heterocycles. The van der Waals surface area contributed by atoms with Crippen LogP contribution in [0.5, 0.6) is 0 Å². The quantitative estimate of drug-likeness (QED) is 0.622. The third-order valence-corrected chi connectivity index (χ3v) is 2.85. The number of nitrogens with zero attached hydrogens (tertiary/aromatic N) is 2. The lowest BCUT2D eigenvalue weighted by atomic mass is 10.2.